The molecule has 0 aliphatic carbocycles. The molecule has 8 heteroatoms. The van der Waals surface area contributed by atoms with E-state index < -0.39 is 5.82 Å². The normalized spacial score (nSPS) is 20.9. The van der Waals surface area contributed by atoms with Crippen LogP contribution < -0.4 is 5.32 Å². The van der Waals surface area contributed by atoms with E-state index in [4.69, 9.17) is 4.74 Å². The molecule has 2 fully saturated rings. The van der Waals surface area contributed by atoms with Crippen LogP contribution in [0.5, 0.6) is 0 Å². The number of nitrogens with zero attached hydrogens (tertiary/aromatic N) is 3. The number of hydrogen-bond acceptors (Lipinski definition) is 3. The van der Waals surface area contributed by atoms with E-state index in [0.29, 0.717) is 24.4 Å². The Morgan fingerprint density at radius 1 is 1.25 bits per heavy atom. The van der Waals surface area contributed by atoms with Crippen LogP contribution in [-0.4, -0.2) is 74.8 Å². The third-order valence-electron chi connectivity index (χ3n) is 5.19. The third-order valence-corrected chi connectivity index (χ3v) is 5.19. The van der Waals surface area contributed by atoms with Gasteiger partial charge < -0.3 is 15.0 Å². The minimum absolute atomic E-state index is 0. The fourth-order valence-corrected chi connectivity index (χ4v) is 3.77. The summed E-state index contributed by atoms with van der Waals surface area (Å²) in [7, 11) is 0. The van der Waals surface area contributed by atoms with Crippen molar-refractivity contribution < 1.29 is 13.5 Å². The number of halogens is 3. The summed E-state index contributed by atoms with van der Waals surface area (Å²) in [6, 6.07) is 3.58. The molecule has 2 aliphatic rings. The van der Waals surface area contributed by atoms with Gasteiger partial charge in [-0.1, -0.05) is 0 Å². The van der Waals surface area contributed by atoms with Crippen molar-refractivity contribution in [3.63, 3.8) is 0 Å². The van der Waals surface area contributed by atoms with Gasteiger partial charge in [-0.15, -0.1) is 24.0 Å². The summed E-state index contributed by atoms with van der Waals surface area (Å²) in [5, 5.41) is 3.34. The highest BCUT2D eigenvalue weighted by Gasteiger charge is 2.27. The van der Waals surface area contributed by atoms with Crippen LogP contribution in [-0.2, 0) is 11.2 Å². The Labute approximate surface area is 183 Å². The second kappa shape index (κ2) is 11.9. The fraction of sp³-hybridized carbons (Fsp3) is 0.650. The minimum Gasteiger partial charge on any atom is -0.379 e. The standard InChI is InChI=1S/C20H30F2N4O.HI/c1-2-23-20(24-7-5-17-13-18(21)3-4-19(17)22)26-8-6-16(15-26)14-25-9-11-27-12-10-25;/h3-4,13,16H,2,5-12,14-15H2,1H3,(H,23,24);1H. The lowest BCUT2D eigenvalue weighted by Gasteiger charge is -2.29. The van der Waals surface area contributed by atoms with E-state index in [1.54, 1.807) is 0 Å². The zero-order chi connectivity index (χ0) is 19.1. The molecule has 1 aromatic rings. The number of morpholine rings is 1. The molecule has 0 saturated carbocycles. The molecule has 0 amide bonds. The molecule has 2 heterocycles. The zero-order valence-corrected chi connectivity index (χ0v) is 18.8. The molecule has 0 radical (unpaired) electrons. The van der Waals surface area contributed by atoms with E-state index in [2.05, 4.69) is 20.1 Å². The van der Waals surface area contributed by atoms with E-state index in [9.17, 15) is 8.78 Å². The number of hydrogen-bond donors (Lipinski definition) is 1. The second-order valence-electron chi connectivity index (χ2n) is 7.24. The average molecular weight is 508 g/mol. The summed E-state index contributed by atoms with van der Waals surface area (Å²) < 4.78 is 32.5. The summed E-state index contributed by atoms with van der Waals surface area (Å²) in [5.74, 6) is 0.725. The molecule has 28 heavy (non-hydrogen) atoms. The molecule has 2 aliphatic heterocycles. The van der Waals surface area contributed by atoms with E-state index in [1.807, 2.05) is 6.92 Å². The molecule has 1 N–H and O–H groups in total. The molecule has 3 rings (SSSR count). The Morgan fingerprint density at radius 3 is 2.79 bits per heavy atom. The maximum absolute atomic E-state index is 13.8. The zero-order valence-electron chi connectivity index (χ0n) is 16.5. The highest BCUT2D eigenvalue weighted by Crippen LogP contribution is 2.18. The van der Waals surface area contributed by atoms with Crippen LogP contribution in [0.15, 0.2) is 23.2 Å². The molecule has 1 atom stereocenters. The molecule has 158 valence electrons. The summed E-state index contributed by atoms with van der Waals surface area (Å²) in [4.78, 5) is 9.42. The van der Waals surface area contributed by atoms with E-state index >= 15 is 0 Å². The van der Waals surface area contributed by atoms with Gasteiger partial charge in [0.1, 0.15) is 11.6 Å². The first-order valence-corrected chi connectivity index (χ1v) is 9.93. The van der Waals surface area contributed by atoms with Crippen LogP contribution in [0.3, 0.4) is 0 Å². The van der Waals surface area contributed by atoms with Gasteiger partial charge in [0.15, 0.2) is 5.96 Å². The average Bonchev–Trinajstić information content (AvgIpc) is 3.13. The number of aliphatic imine (C=N–C) groups is 1. The molecule has 5 nitrogen and oxygen atoms in total. The van der Waals surface area contributed by atoms with E-state index in [0.717, 1.165) is 70.9 Å². The molecular formula is C20H31F2IN4O. The number of guanidine groups is 1. The van der Waals surface area contributed by atoms with Crippen LogP contribution in [0.4, 0.5) is 8.78 Å². The highest BCUT2D eigenvalue weighted by atomic mass is 127. The molecule has 1 unspecified atom stereocenters. The summed E-state index contributed by atoms with van der Waals surface area (Å²) in [5.41, 5.74) is 0.376. The lowest BCUT2D eigenvalue weighted by molar-refractivity contribution is 0.0315. The highest BCUT2D eigenvalue weighted by molar-refractivity contribution is 14.0. The van der Waals surface area contributed by atoms with Crippen LogP contribution in [0, 0.1) is 17.6 Å². The fourth-order valence-electron chi connectivity index (χ4n) is 3.77. The summed E-state index contributed by atoms with van der Waals surface area (Å²) in [6.07, 6.45) is 1.55. The van der Waals surface area contributed by atoms with Crippen molar-refractivity contribution in [3.05, 3.63) is 35.4 Å². The number of likely N-dealkylation sites (tertiary alicyclic amines) is 1. The predicted octanol–water partition coefficient (Wildman–Crippen LogP) is 2.74. The van der Waals surface area contributed by atoms with Crippen molar-refractivity contribution >= 4 is 29.9 Å². The van der Waals surface area contributed by atoms with Gasteiger partial charge in [-0.25, -0.2) is 8.78 Å². The van der Waals surface area contributed by atoms with E-state index in [1.165, 1.54) is 12.1 Å². The van der Waals surface area contributed by atoms with Crippen LogP contribution in [0.25, 0.3) is 0 Å². The lowest BCUT2D eigenvalue weighted by atomic mass is 10.1. The Kier molecular flexibility index (Phi) is 9.87. The first-order valence-electron chi connectivity index (χ1n) is 9.93. The van der Waals surface area contributed by atoms with Gasteiger partial charge in [-0.3, -0.25) is 9.89 Å². The minimum atomic E-state index is -0.409. The quantitative estimate of drug-likeness (QED) is 0.365. The lowest BCUT2D eigenvalue weighted by Crippen LogP contribution is -2.42. The van der Waals surface area contributed by atoms with Crippen LogP contribution in [0.2, 0.25) is 0 Å². The number of nitrogens with one attached hydrogen (secondary N) is 1. The first kappa shape index (κ1) is 23.3. The van der Waals surface area contributed by atoms with Crippen molar-refractivity contribution in [2.24, 2.45) is 10.9 Å². The van der Waals surface area contributed by atoms with Crippen molar-refractivity contribution in [1.82, 2.24) is 15.1 Å². The van der Waals surface area contributed by atoms with Gasteiger partial charge in [0.2, 0.25) is 0 Å². The molecule has 0 spiro atoms. The SMILES string of the molecule is CCNC(=NCCc1cc(F)ccc1F)N1CCC(CN2CCOCC2)C1.I. The summed E-state index contributed by atoms with van der Waals surface area (Å²) >= 11 is 0. The van der Waals surface area contributed by atoms with Gasteiger partial charge in [0.25, 0.3) is 0 Å². The van der Waals surface area contributed by atoms with Crippen molar-refractivity contribution in [1.29, 1.82) is 0 Å². The smallest absolute Gasteiger partial charge is 0.193 e. The monoisotopic (exact) mass is 508 g/mol. The van der Waals surface area contributed by atoms with Gasteiger partial charge in [-0.2, -0.15) is 0 Å². The number of rotatable bonds is 6. The Morgan fingerprint density at radius 2 is 2.04 bits per heavy atom. The van der Waals surface area contributed by atoms with Crippen molar-refractivity contribution in [3.8, 4) is 0 Å². The second-order valence-corrected chi connectivity index (χ2v) is 7.24. The van der Waals surface area contributed by atoms with Gasteiger partial charge in [0, 0.05) is 45.8 Å². The largest absolute Gasteiger partial charge is 0.379 e. The Hall–Kier alpha value is -1.00. The number of ether oxygens (including phenoxy) is 1. The molecule has 0 bridgehead atoms. The van der Waals surface area contributed by atoms with Crippen LogP contribution in [0.1, 0.15) is 18.9 Å². The Bertz CT molecular complexity index is 641. The third kappa shape index (κ3) is 6.81. The first-order chi connectivity index (χ1) is 13.2. The molecule has 2 saturated heterocycles. The summed E-state index contributed by atoms with van der Waals surface area (Å²) in [6.45, 7) is 10.0. The topological polar surface area (TPSA) is 40.1 Å². The predicted molar refractivity (Wildman–Crippen MR) is 118 cm³/mol. The van der Waals surface area contributed by atoms with Crippen LogP contribution >= 0.6 is 24.0 Å². The van der Waals surface area contributed by atoms with Crippen molar-refractivity contribution in [2.75, 3.05) is 59.0 Å². The number of benzene rings is 1. The van der Waals surface area contributed by atoms with Gasteiger partial charge in [-0.05, 0) is 49.4 Å². The maximum atomic E-state index is 13.8. The molecular weight excluding hydrogens is 477 g/mol. The molecule has 0 aromatic heterocycles. The van der Waals surface area contributed by atoms with Gasteiger partial charge >= 0.3 is 0 Å². The molecule has 1 aromatic carbocycles. The Balaban J connectivity index is 0.00000280. The maximum Gasteiger partial charge on any atom is 0.193 e. The van der Waals surface area contributed by atoms with Crippen molar-refractivity contribution in [2.45, 2.75) is 19.8 Å². The van der Waals surface area contributed by atoms with E-state index in [-0.39, 0.29) is 29.8 Å². The van der Waals surface area contributed by atoms with Gasteiger partial charge in [0.05, 0.1) is 13.2 Å².